The molecule has 9 nitrogen and oxygen atoms in total. The molecule has 0 atom stereocenters. The Morgan fingerprint density at radius 3 is 2.41 bits per heavy atom. The van der Waals surface area contributed by atoms with Gasteiger partial charge in [-0.15, -0.1) is 0 Å². The van der Waals surface area contributed by atoms with E-state index in [0.29, 0.717) is 21.7 Å². The molecule has 2 N–H and O–H groups in total. The van der Waals surface area contributed by atoms with Crippen LogP contribution < -0.4 is 14.8 Å². The summed E-state index contributed by atoms with van der Waals surface area (Å²) in [6.07, 6.45) is 0.0489. The van der Waals surface area contributed by atoms with Gasteiger partial charge in [-0.05, 0) is 35.9 Å². The molecule has 4 rings (SSSR count). The normalized spacial score (nSPS) is 14.9. The Hall–Kier alpha value is -3.08. The Labute approximate surface area is 202 Å². The number of carbonyl (C=O) groups is 2. The molecule has 2 heterocycles. The van der Waals surface area contributed by atoms with Crippen LogP contribution in [0.1, 0.15) is 29.4 Å². The van der Waals surface area contributed by atoms with Crippen LogP contribution in [0, 0.1) is 0 Å². The lowest BCUT2D eigenvalue weighted by Crippen LogP contribution is -2.59. The number of amides is 2. The van der Waals surface area contributed by atoms with Gasteiger partial charge in [-0.1, -0.05) is 30.7 Å². The number of methoxy groups -OCH3 is 1. The van der Waals surface area contributed by atoms with Crippen LogP contribution in [0.15, 0.2) is 47.4 Å². The van der Waals surface area contributed by atoms with Gasteiger partial charge in [-0.2, -0.15) is 0 Å². The summed E-state index contributed by atoms with van der Waals surface area (Å²) in [5.41, 5.74) is 0.893. The molecule has 0 unspecified atom stereocenters. The smallest absolute Gasteiger partial charge is 0.270 e. The van der Waals surface area contributed by atoms with Gasteiger partial charge in [0, 0.05) is 18.9 Å². The van der Waals surface area contributed by atoms with Gasteiger partial charge in [0.25, 0.3) is 15.9 Å². The fourth-order valence-corrected chi connectivity index (χ4v) is 5.31. The van der Waals surface area contributed by atoms with E-state index in [1.807, 2.05) is 10.8 Å². The Kier molecular flexibility index (Phi) is 6.32. The molecule has 0 radical (unpaired) electrons. The van der Waals surface area contributed by atoms with E-state index in [1.165, 1.54) is 12.1 Å². The van der Waals surface area contributed by atoms with E-state index in [2.05, 4.69) is 5.32 Å². The van der Waals surface area contributed by atoms with E-state index in [4.69, 9.17) is 21.1 Å². The van der Waals surface area contributed by atoms with Crippen LogP contribution in [-0.2, 0) is 32.1 Å². The third kappa shape index (κ3) is 4.13. The third-order valence-corrected chi connectivity index (χ3v) is 7.67. The van der Waals surface area contributed by atoms with Crippen molar-refractivity contribution in [1.82, 2.24) is 14.6 Å². The van der Waals surface area contributed by atoms with E-state index in [1.54, 1.807) is 49.9 Å². The van der Waals surface area contributed by atoms with Crippen molar-refractivity contribution in [2.75, 3.05) is 20.3 Å². The van der Waals surface area contributed by atoms with Gasteiger partial charge in [0.05, 0.1) is 35.8 Å². The topological polar surface area (TPSA) is 116 Å². The first-order chi connectivity index (χ1) is 16.1. The molecule has 1 aliphatic rings. The Bertz CT molecular complexity index is 1380. The van der Waals surface area contributed by atoms with Crippen molar-refractivity contribution in [1.29, 1.82) is 0 Å². The average molecular weight is 506 g/mol. The minimum atomic E-state index is -3.97. The SMILES string of the molecule is CCC(=O)NS(=O)(=O)c1ccc(C2(NC(=O)c3c(Cl)c4cc(OC)ccc4n3C)COC2)cc1. The number of rotatable bonds is 7. The summed E-state index contributed by atoms with van der Waals surface area (Å²) >= 11 is 6.58. The molecule has 1 saturated heterocycles. The van der Waals surface area contributed by atoms with Gasteiger partial charge in [0.15, 0.2) is 0 Å². The zero-order valence-corrected chi connectivity index (χ0v) is 20.4. The van der Waals surface area contributed by atoms with Crippen molar-refractivity contribution in [3.05, 3.63) is 58.7 Å². The summed E-state index contributed by atoms with van der Waals surface area (Å²) in [6.45, 7) is 2.00. The zero-order chi connectivity index (χ0) is 24.7. The second-order valence-electron chi connectivity index (χ2n) is 8.04. The molecular formula is C23H24ClN3O6S. The highest BCUT2D eigenvalue weighted by molar-refractivity contribution is 7.90. The predicted molar refractivity (Wildman–Crippen MR) is 127 cm³/mol. The summed E-state index contributed by atoms with van der Waals surface area (Å²) < 4.78 is 39.1. The fourth-order valence-electron chi connectivity index (χ4n) is 3.89. The van der Waals surface area contributed by atoms with Gasteiger partial charge < -0.3 is 19.4 Å². The Balaban J connectivity index is 1.62. The van der Waals surface area contributed by atoms with Crippen molar-refractivity contribution in [2.45, 2.75) is 23.8 Å². The van der Waals surface area contributed by atoms with Crippen LogP contribution in [0.3, 0.4) is 0 Å². The summed E-state index contributed by atoms with van der Waals surface area (Å²) in [4.78, 5) is 24.8. The van der Waals surface area contributed by atoms with Crippen LogP contribution >= 0.6 is 11.6 Å². The van der Waals surface area contributed by atoms with Crippen molar-refractivity contribution in [3.8, 4) is 5.75 Å². The quantitative estimate of drug-likeness (QED) is 0.510. The lowest BCUT2D eigenvalue weighted by molar-refractivity contribution is -0.119. The van der Waals surface area contributed by atoms with Crippen LogP contribution in [-0.4, -0.2) is 45.1 Å². The fraction of sp³-hybridized carbons (Fsp3) is 0.304. The van der Waals surface area contributed by atoms with Crippen molar-refractivity contribution in [3.63, 3.8) is 0 Å². The molecular weight excluding hydrogens is 482 g/mol. The predicted octanol–water partition coefficient (Wildman–Crippen LogP) is 2.71. The number of hydrogen-bond donors (Lipinski definition) is 2. The number of nitrogens with one attached hydrogen (secondary N) is 2. The van der Waals surface area contributed by atoms with E-state index < -0.39 is 27.4 Å². The number of carbonyl (C=O) groups excluding carboxylic acids is 2. The molecule has 180 valence electrons. The number of halogens is 1. The lowest BCUT2D eigenvalue weighted by atomic mass is 9.88. The molecule has 0 aliphatic carbocycles. The van der Waals surface area contributed by atoms with Gasteiger partial charge in [0.1, 0.15) is 17.0 Å². The first-order valence-corrected chi connectivity index (χ1v) is 12.4. The molecule has 2 aromatic carbocycles. The summed E-state index contributed by atoms with van der Waals surface area (Å²) in [6, 6.07) is 11.4. The van der Waals surface area contributed by atoms with Crippen molar-refractivity contribution >= 4 is 44.3 Å². The summed E-state index contributed by atoms with van der Waals surface area (Å²) in [5.74, 6) is -0.358. The highest BCUT2D eigenvalue weighted by atomic mass is 35.5. The molecule has 2 amide bonds. The number of hydrogen-bond acceptors (Lipinski definition) is 6. The number of aryl methyl sites for hydroxylation is 1. The summed E-state index contributed by atoms with van der Waals surface area (Å²) in [5, 5.41) is 4.01. The molecule has 11 heteroatoms. The molecule has 0 saturated carbocycles. The number of fused-ring (bicyclic) bond motifs is 1. The minimum absolute atomic E-state index is 0.0489. The molecule has 0 bridgehead atoms. The highest BCUT2D eigenvalue weighted by Crippen LogP contribution is 2.35. The lowest BCUT2D eigenvalue weighted by Gasteiger charge is -2.42. The van der Waals surface area contributed by atoms with Gasteiger partial charge in [-0.3, -0.25) is 9.59 Å². The van der Waals surface area contributed by atoms with Crippen LogP contribution in [0.25, 0.3) is 10.9 Å². The number of sulfonamides is 1. The van der Waals surface area contributed by atoms with Crippen molar-refractivity contribution < 1.29 is 27.5 Å². The number of benzene rings is 2. The second-order valence-corrected chi connectivity index (χ2v) is 10.1. The maximum absolute atomic E-state index is 13.3. The van der Waals surface area contributed by atoms with E-state index in [-0.39, 0.29) is 30.2 Å². The zero-order valence-electron chi connectivity index (χ0n) is 18.8. The van der Waals surface area contributed by atoms with Crippen LogP contribution in [0.2, 0.25) is 5.02 Å². The van der Waals surface area contributed by atoms with Crippen LogP contribution in [0.5, 0.6) is 5.75 Å². The standard InChI is InChI=1S/C23H24ClN3O6S/c1-4-19(28)26-34(30,31)16-8-5-14(6-9-16)23(12-33-13-23)25-22(29)21-20(24)17-11-15(32-3)7-10-18(17)27(21)2/h5-11H,4,12-13H2,1-3H3,(H,25,29)(H,26,28). The number of nitrogens with zero attached hydrogens (tertiary/aromatic N) is 1. The average Bonchev–Trinajstić information content (AvgIpc) is 3.05. The molecule has 1 aliphatic heterocycles. The number of aromatic nitrogens is 1. The monoisotopic (exact) mass is 505 g/mol. The largest absolute Gasteiger partial charge is 0.497 e. The summed E-state index contributed by atoms with van der Waals surface area (Å²) in [7, 11) is -0.660. The first-order valence-electron chi connectivity index (χ1n) is 10.5. The molecule has 0 spiro atoms. The van der Waals surface area contributed by atoms with E-state index >= 15 is 0 Å². The molecule has 3 aromatic rings. The number of ether oxygens (including phenoxy) is 2. The van der Waals surface area contributed by atoms with Crippen LogP contribution in [0.4, 0.5) is 0 Å². The Morgan fingerprint density at radius 1 is 1.18 bits per heavy atom. The van der Waals surface area contributed by atoms with Gasteiger partial charge >= 0.3 is 0 Å². The van der Waals surface area contributed by atoms with E-state index in [9.17, 15) is 18.0 Å². The molecule has 1 fully saturated rings. The van der Waals surface area contributed by atoms with Gasteiger partial charge in [-0.25, -0.2) is 13.1 Å². The maximum atomic E-state index is 13.3. The molecule has 34 heavy (non-hydrogen) atoms. The molecule has 1 aromatic heterocycles. The minimum Gasteiger partial charge on any atom is -0.497 e. The van der Waals surface area contributed by atoms with E-state index in [0.717, 1.165) is 5.52 Å². The third-order valence-electron chi connectivity index (χ3n) is 5.90. The highest BCUT2D eigenvalue weighted by Gasteiger charge is 2.43. The second kappa shape index (κ2) is 8.94. The maximum Gasteiger partial charge on any atom is 0.270 e. The van der Waals surface area contributed by atoms with Crippen molar-refractivity contribution in [2.24, 2.45) is 7.05 Å². The van der Waals surface area contributed by atoms with Gasteiger partial charge in [0.2, 0.25) is 5.91 Å². The first kappa shape index (κ1) is 24.1. The Morgan fingerprint density at radius 2 is 1.85 bits per heavy atom.